The van der Waals surface area contributed by atoms with Crippen molar-refractivity contribution in [2.75, 3.05) is 7.11 Å². The van der Waals surface area contributed by atoms with E-state index in [-0.39, 0.29) is 5.91 Å². The van der Waals surface area contributed by atoms with Gasteiger partial charge in [0.25, 0.3) is 5.91 Å². The Kier molecular flexibility index (Phi) is 5.03. The third kappa shape index (κ3) is 3.53. The van der Waals surface area contributed by atoms with Crippen LogP contribution in [0.2, 0.25) is 0 Å². The van der Waals surface area contributed by atoms with Crippen molar-refractivity contribution in [1.29, 1.82) is 0 Å². The molecule has 0 fully saturated rings. The van der Waals surface area contributed by atoms with Gasteiger partial charge in [-0.05, 0) is 60.5 Å². The van der Waals surface area contributed by atoms with Gasteiger partial charge in [0, 0.05) is 34.7 Å². The quantitative estimate of drug-likeness (QED) is 0.311. The molecule has 6 rings (SSSR count). The van der Waals surface area contributed by atoms with Gasteiger partial charge in [-0.25, -0.2) is 0 Å². The zero-order chi connectivity index (χ0) is 23.9. The Morgan fingerprint density at radius 2 is 1.63 bits per heavy atom. The second-order valence-electron chi connectivity index (χ2n) is 8.72. The normalized spacial score (nSPS) is 13.3. The molecule has 0 radical (unpaired) electrons. The average molecular weight is 458 g/mol. The van der Waals surface area contributed by atoms with Crippen LogP contribution in [0.15, 0.2) is 96.7 Å². The second kappa shape index (κ2) is 8.37. The molecule has 0 amide bonds. The van der Waals surface area contributed by atoms with E-state index in [1.807, 2.05) is 79.7 Å². The molecule has 0 N–H and O–H groups in total. The maximum absolute atomic E-state index is 13.9. The monoisotopic (exact) mass is 457 g/mol. The van der Waals surface area contributed by atoms with Crippen LogP contribution in [0.4, 0.5) is 0 Å². The Labute approximate surface area is 203 Å². The van der Waals surface area contributed by atoms with Crippen molar-refractivity contribution in [2.45, 2.75) is 13.3 Å². The fourth-order valence-corrected chi connectivity index (χ4v) is 4.87. The van der Waals surface area contributed by atoms with Gasteiger partial charge >= 0.3 is 0 Å². The summed E-state index contributed by atoms with van der Waals surface area (Å²) in [5, 5.41) is 5.89. The highest BCUT2D eigenvalue weighted by atomic mass is 16.5. The van der Waals surface area contributed by atoms with Crippen molar-refractivity contribution in [3.8, 4) is 28.1 Å². The van der Waals surface area contributed by atoms with E-state index in [4.69, 9.17) is 9.84 Å². The third-order valence-electron chi connectivity index (χ3n) is 6.56. The first-order valence-electron chi connectivity index (χ1n) is 11.6. The molecule has 2 aromatic heterocycles. The van der Waals surface area contributed by atoms with Gasteiger partial charge in [0.2, 0.25) is 0 Å². The predicted octanol–water partition coefficient (Wildman–Crippen LogP) is 6.44. The number of aromatic nitrogens is 3. The SMILES string of the molecule is COc1ccc(-c2nn3c(c2-c2ccccc2)CC(C)=C(c2ccc4ncccc4c2)C3=O)cc1. The number of methoxy groups -OCH3 is 1. The van der Waals surface area contributed by atoms with E-state index in [0.717, 1.165) is 55.9 Å². The van der Waals surface area contributed by atoms with E-state index < -0.39 is 0 Å². The minimum absolute atomic E-state index is 0.107. The molecule has 5 aromatic rings. The molecule has 35 heavy (non-hydrogen) atoms. The lowest BCUT2D eigenvalue weighted by atomic mass is 9.90. The Bertz CT molecular complexity index is 1610. The fourth-order valence-electron chi connectivity index (χ4n) is 4.87. The lowest BCUT2D eigenvalue weighted by Gasteiger charge is -2.20. The van der Waals surface area contributed by atoms with Crippen LogP contribution < -0.4 is 4.74 Å². The minimum Gasteiger partial charge on any atom is -0.497 e. The smallest absolute Gasteiger partial charge is 0.279 e. The first kappa shape index (κ1) is 21.1. The van der Waals surface area contributed by atoms with Crippen molar-refractivity contribution in [2.24, 2.45) is 0 Å². The number of ether oxygens (including phenoxy) is 1. The molecule has 5 heteroatoms. The lowest BCUT2D eigenvalue weighted by molar-refractivity contribution is 0.0958. The Morgan fingerprint density at radius 3 is 2.40 bits per heavy atom. The minimum atomic E-state index is -0.107. The standard InChI is InChI=1S/C30H23N3O2/c1-19-17-26-28(20-7-4-3-5-8-20)29(21-10-13-24(35-2)14-11-21)32-33(26)30(34)27(19)23-12-15-25-22(18-23)9-6-16-31-25/h3-16,18H,17H2,1-2H3. The molecule has 0 aliphatic carbocycles. The molecule has 0 saturated heterocycles. The predicted molar refractivity (Wildman–Crippen MR) is 138 cm³/mol. The van der Waals surface area contributed by atoms with Gasteiger partial charge in [-0.15, -0.1) is 0 Å². The largest absolute Gasteiger partial charge is 0.497 e. The van der Waals surface area contributed by atoms with Crippen LogP contribution in [0.3, 0.4) is 0 Å². The number of allylic oxidation sites excluding steroid dienone is 2. The first-order chi connectivity index (χ1) is 17.1. The van der Waals surface area contributed by atoms with Gasteiger partial charge in [-0.1, -0.05) is 48.0 Å². The topological polar surface area (TPSA) is 57.0 Å². The van der Waals surface area contributed by atoms with Crippen molar-refractivity contribution in [3.05, 3.63) is 108 Å². The van der Waals surface area contributed by atoms with Crippen LogP contribution in [0.25, 0.3) is 38.9 Å². The van der Waals surface area contributed by atoms with Crippen LogP contribution >= 0.6 is 0 Å². The van der Waals surface area contributed by atoms with Gasteiger partial charge in [0.05, 0.1) is 18.3 Å². The highest BCUT2D eigenvalue weighted by Gasteiger charge is 2.31. The molecule has 1 aliphatic rings. The summed E-state index contributed by atoms with van der Waals surface area (Å²) >= 11 is 0. The van der Waals surface area contributed by atoms with E-state index >= 15 is 0 Å². The number of hydrogen-bond donors (Lipinski definition) is 0. The molecule has 3 heterocycles. The zero-order valence-corrected chi connectivity index (χ0v) is 19.5. The maximum Gasteiger partial charge on any atom is 0.279 e. The summed E-state index contributed by atoms with van der Waals surface area (Å²) in [5.74, 6) is 0.671. The van der Waals surface area contributed by atoms with Gasteiger partial charge in [-0.2, -0.15) is 9.78 Å². The molecule has 3 aromatic carbocycles. The summed E-state index contributed by atoms with van der Waals surface area (Å²) in [4.78, 5) is 18.3. The molecule has 0 bridgehead atoms. The number of rotatable bonds is 4. The summed E-state index contributed by atoms with van der Waals surface area (Å²) in [5.41, 5.74) is 8.21. The highest BCUT2D eigenvalue weighted by molar-refractivity contribution is 6.23. The molecule has 0 spiro atoms. The summed E-state index contributed by atoms with van der Waals surface area (Å²) in [6.07, 6.45) is 2.42. The molecule has 0 atom stereocenters. The summed E-state index contributed by atoms with van der Waals surface area (Å²) < 4.78 is 6.93. The lowest BCUT2D eigenvalue weighted by Crippen LogP contribution is -2.23. The molecular weight excluding hydrogens is 434 g/mol. The average Bonchev–Trinajstić information content (AvgIpc) is 3.28. The fraction of sp³-hybridized carbons (Fsp3) is 0.100. The van der Waals surface area contributed by atoms with Crippen molar-refractivity contribution >= 4 is 22.4 Å². The van der Waals surface area contributed by atoms with Gasteiger partial charge in [0.15, 0.2) is 0 Å². The third-order valence-corrected chi connectivity index (χ3v) is 6.56. The molecule has 1 aliphatic heterocycles. The first-order valence-corrected chi connectivity index (χ1v) is 11.6. The van der Waals surface area contributed by atoms with Crippen LogP contribution in [0.1, 0.15) is 23.0 Å². The molecular formula is C30H23N3O2. The Hall–Kier alpha value is -4.51. The van der Waals surface area contributed by atoms with E-state index in [9.17, 15) is 4.79 Å². The van der Waals surface area contributed by atoms with Crippen molar-refractivity contribution < 1.29 is 9.53 Å². The highest BCUT2D eigenvalue weighted by Crippen LogP contribution is 2.40. The molecule has 5 nitrogen and oxygen atoms in total. The zero-order valence-electron chi connectivity index (χ0n) is 19.5. The van der Waals surface area contributed by atoms with Gasteiger partial charge in [0.1, 0.15) is 11.4 Å². The Balaban J connectivity index is 1.52. The van der Waals surface area contributed by atoms with Crippen LogP contribution in [-0.4, -0.2) is 27.8 Å². The number of pyridine rings is 1. The summed E-state index contributed by atoms with van der Waals surface area (Å²) in [7, 11) is 1.65. The molecule has 170 valence electrons. The number of hydrogen-bond acceptors (Lipinski definition) is 4. The van der Waals surface area contributed by atoms with E-state index in [2.05, 4.69) is 17.1 Å². The Morgan fingerprint density at radius 1 is 0.857 bits per heavy atom. The summed E-state index contributed by atoms with van der Waals surface area (Å²) in [6.45, 7) is 2.04. The van der Waals surface area contributed by atoms with E-state index in [1.165, 1.54) is 0 Å². The van der Waals surface area contributed by atoms with E-state index in [0.29, 0.717) is 12.0 Å². The van der Waals surface area contributed by atoms with Gasteiger partial charge in [-0.3, -0.25) is 9.78 Å². The number of benzene rings is 3. The van der Waals surface area contributed by atoms with E-state index in [1.54, 1.807) is 18.0 Å². The molecule has 0 saturated carbocycles. The molecule has 0 unspecified atom stereocenters. The number of carbonyl (C=O) groups is 1. The maximum atomic E-state index is 13.9. The van der Waals surface area contributed by atoms with Crippen molar-refractivity contribution in [1.82, 2.24) is 14.8 Å². The number of nitrogens with zero attached hydrogens (tertiary/aromatic N) is 3. The summed E-state index contributed by atoms with van der Waals surface area (Å²) in [6, 6.07) is 27.9. The van der Waals surface area contributed by atoms with Crippen LogP contribution in [-0.2, 0) is 6.42 Å². The number of fused-ring (bicyclic) bond motifs is 2. The van der Waals surface area contributed by atoms with Crippen molar-refractivity contribution in [3.63, 3.8) is 0 Å². The van der Waals surface area contributed by atoms with Crippen LogP contribution in [0, 0.1) is 0 Å². The number of carbonyl (C=O) groups excluding carboxylic acids is 1. The second-order valence-corrected chi connectivity index (χ2v) is 8.72. The van der Waals surface area contributed by atoms with Crippen LogP contribution in [0.5, 0.6) is 5.75 Å². The van der Waals surface area contributed by atoms with Gasteiger partial charge < -0.3 is 4.74 Å².